The topological polar surface area (TPSA) is 105 Å². The molecule has 134 valence electrons. The van der Waals surface area contributed by atoms with Crippen LogP contribution in [0.15, 0.2) is 59.9 Å². The largest absolute Gasteiger partial charge is 0.497 e. The molecule has 26 heavy (non-hydrogen) atoms. The smallest absolute Gasteiger partial charge is 0.346 e. The molecule has 0 fully saturated rings. The minimum absolute atomic E-state index is 0.444. The first-order valence-electron chi connectivity index (χ1n) is 7.45. The first-order chi connectivity index (χ1) is 12.4. The van der Waals surface area contributed by atoms with Crippen LogP contribution in [0.1, 0.15) is 11.1 Å². The lowest BCUT2D eigenvalue weighted by Crippen LogP contribution is -2.09. The second-order valence-corrected chi connectivity index (χ2v) is 5.12. The van der Waals surface area contributed by atoms with Crippen LogP contribution in [0.3, 0.4) is 0 Å². The summed E-state index contributed by atoms with van der Waals surface area (Å²) in [5, 5.41) is 22.8. The van der Waals surface area contributed by atoms with E-state index in [-0.39, 0.29) is 0 Å². The molecule has 0 unspecified atom stereocenters. The summed E-state index contributed by atoms with van der Waals surface area (Å²) >= 11 is 0. The first kappa shape index (κ1) is 18.7. The van der Waals surface area contributed by atoms with Gasteiger partial charge in [0.1, 0.15) is 11.5 Å². The number of methoxy groups -OCH3 is 2. The van der Waals surface area contributed by atoms with Crippen LogP contribution >= 0.6 is 0 Å². The fraction of sp³-hybridized carbons (Fsp3) is 0.111. The molecular weight excluding hydrogens is 340 g/mol. The third-order valence-electron chi connectivity index (χ3n) is 3.49. The number of nitrogens with zero attached hydrogens (tertiary/aromatic N) is 2. The summed E-state index contributed by atoms with van der Waals surface area (Å²) in [6, 6.07) is 12.8. The molecule has 0 radical (unpaired) electrons. The Morgan fingerprint density at radius 3 is 1.27 bits per heavy atom. The van der Waals surface area contributed by atoms with Crippen molar-refractivity contribution in [3.63, 3.8) is 0 Å². The van der Waals surface area contributed by atoms with Crippen LogP contribution in [0.2, 0.25) is 0 Å². The Morgan fingerprint density at radius 1 is 0.731 bits per heavy atom. The molecule has 2 aromatic carbocycles. The summed E-state index contributed by atoms with van der Waals surface area (Å²) in [5.74, 6) is 1.15. The van der Waals surface area contributed by atoms with Crippen LogP contribution in [-0.2, 0) is 0 Å². The second kappa shape index (κ2) is 8.43. The van der Waals surface area contributed by atoms with Crippen molar-refractivity contribution in [2.24, 2.45) is 0 Å². The Bertz CT molecular complexity index is 781. The van der Waals surface area contributed by atoms with Crippen molar-refractivity contribution in [2.75, 3.05) is 14.2 Å². The highest BCUT2D eigenvalue weighted by Gasteiger charge is 2.28. The van der Waals surface area contributed by atoms with Gasteiger partial charge < -0.3 is 9.47 Å². The summed E-state index contributed by atoms with van der Waals surface area (Å²) in [6.07, 6.45) is 2.30. The van der Waals surface area contributed by atoms with Crippen molar-refractivity contribution in [2.45, 2.75) is 0 Å². The fourth-order valence-electron chi connectivity index (χ4n) is 2.16. The van der Waals surface area contributed by atoms with E-state index in [1.807, 2.05) is 0 Å². The van der Waals surface area contributed by atoms with Gasteiger partial charge in [-0.05, 0) is 35.4 Å². The third kappa shape index (κ3) is 4.67. The van der Waals surface area contributed by atoms with Crippen LogP contribution in [0, 0.1) is 20.2 Å². The quantitative estimate of drug-likeness (QED) is 0.426. The molecule has 2 rings (SSSR count). The molecular formula is C18H16N2O6. The Kier molecular flexibility index (Phi) is 6.05. The molecule has 0 saturated carbocycles. The predicted octanol–water partition coefficient (Wildman–Crippen LogP) is 3.64. The van der Waals surface area contributed by atoms with Gasteiger partial charge in [0.05, 0.1) is 24.1 Å². The Labute approximate surface area is 149 Å². The lowest BCUT2D eigenvalue weighted by atomic mass is 10.1. The van der Waals surface area contributed by atoms with E-state index in [4.69, 9.17) is 9.47 Å². The second-order valence-electron chi connectivity index (χ2n) is 5.12. The van der Waals surface area contributed by atoms with E-state index in [9.17, 15) is 20.2 Å². The van der Waals surface area contributed by atoms with Crippen molar-refractivity contribution < 1.29 is 19.3 Å². The molecule has 0 N–H and O–H groups in total. The average Bonchev–Trinajstić information content (AvgIpc) is 2.65. The average molecular weight is 356 g/mol. The van der Waals surface area contributed by atoms with Crippen LogP contribution in [0.25, 0.3) is 12.2 Å². The SMILES string of the molecule is COc1ccc(/C=C(\C(=C/c2ccc(OC)cc2)[N+](=O)[O-])[N+](=O)[O-])cc1. The summed E-state index contributed by atoms with van der Waals surface area (Å²) in [4.78, 5) is 21.3. The Balaban J connectivity index is 2.47. The third-order valence-corrected chi connectivity index (χ3v) is 3.49. The van der Waals surface area contributed by atoms with Crippen LogP contribution < -0.4 is 9.47 Å². The molecule has 0 bridgehead atoms. The van der Waals surface area contributed by atoms with Crippen LogP contribution in [0.4, 0.5) is 0 Å². The van der Waals surface area contributed by atoms with Crippen LogP contribution in [-0.4, -0.2) is 24.1 Å². The van der Waals surface area contributed by atoms with Gasteiger partial charge in [0.2, 0.25) is 0 Å². The van der Waals surface area contributed by atoms with Gasteiger partial charge in [-0.15, -0.1) is 0 Å². The zero-order valence-corrected chi connectivity index (χ0v) is 14.1. The van der Waals surface area contributed by atoms with Gasteiger partial charge in [0, 0.05) is 12.2 Å². The molecule has 0 aromatic heterocycles. The van der Waals surface area contributed by atoms with Crippen molar-refractivity contribution in [3.05, 3.63) is 91.3 Å². The van der Waals surface area contributed by atoms with Gasteiger partial charge in [-0.3, -0.25) is 20.2 Å². The minimum atomic E-state index is -0.775. The zero-order chi connectivity index (χ0) is 19.1. The molecule has 8 nitrogen and oxygen atoms in total. The number of rotatable bonds is 7. The molecule has 0 spiro atoms. The molecule has 0 atom stereocenters. The monoisotopic (exact) mass is 356 g/mol. The maximum absolute atomic E-state index is 11.4. The van der Waals surface area contributed by atoms with E-state index in [0.717, 1.165) is 12.2 Å². The van der Waals surface area contributed by atoms with Gasteiger partial charge in [-0.25, -0.2) is 0 Å². The summed E-state index contributed by atoms with van der Waals surface area (Å²) in [5.41, 5.74) is -0.341. The Hall–Kier alpha value is -3.68. The molecule has 0 heterocycles. The van der Waals surface area contributed by atoms with Crippen molar-refractivity contribution >= 4 is 12.2 Å². The van der Waals surface area contributed by atoms with E-state index >= 15 is 0 Å². The van der Waals surface area contributed by atoms with Crippen molar-refractivity contribution in [1.82, 2.24) is 0 Å². The molecule has 8 heteroatoms. The maximum Gasteiger partial charge on any atom is 0.346 e. The van der Waals surface area contributed by atoms with Crippen LogP contribution in [0.5, 0.6) is 11.5 Å². The highest BCUT2D eigenvalue weighted by atomic mass is 16.6. The summed E-state index contributed by atoms with van der Waals surface area (Å²) in [6.45, 7) is 0. The molecule has 0 saturated heterocycles. The predicted molar refractivity (Wildman–Crippen MR) is 95.9 cm³/mol. The van der Waals surface area contributed by atoms with Gasteiger partial charge >= 0.3 is 11.4 Å². The zero-order valence-electron chi connectivity index (χ0n) is 14.1. The summed E-state index contributed by atoms with van der Waals surface area (Å²) < 4.78 is 10.0. The van der Waals surface area contributed by atoms with E-state index in [0.29, 0.717) is 22.6 Å². The first-order valence-corrected chi connectivity index (χ1v) is 7.45. The number of benzene rings is 2. The fourth-order valence-corrected chi connectivity index (χ4v) is 2.16. The number of nitro groups is 2. The van der Waals surface area contributed by atoms with Crippen molar-refractivity contribution in [3.8, 4) is 11.5 Å². The lowest BCUT2D eigenvalue weighted by Gasteiger charge is -2.01. The molecule has 0 aliphatic heterocycles. The lowest BCUT2D eigenvalue weighted by molar-refractivity contribution is -0.477. The van der Waals surface area contributed by atoms with Gasteiger partial charge in [0.25, 0.3) is 0 Å². The molecule has 0 aliphatic carbocycles. The van der Waals surface area contributed by atoms with Gasteiger partial charge in [-0.2, -0.15) is 0 Å². The van der Waals surface area contributed by atoms with Gasteiger partial charge in [0.15, 0.2) is 0 Å². The minimum Gasteiger partial charge on any atom is -0.497 e. The molecule has 0 amide bonds. The van der Waals surface area contributed by atoms with Crippen molar-refractivity contribution in [1.29, 1.82) is 0 Å². The highest BCUT2D eigenvalue weighted by Crippen LogP contribution is 2.22. The normalized spacial score (nSPS) is 11.8. The Morgan fingerprint density at radius 2 is 1.04 bits per heavy atom. The molecule has 0 aliphatic rings. The standard InChI is InChI=1S/C18H16N2O6/c1-25-15-7-3-13(4-8-15)11-17(19(21)22)18(20(23)24)12-14-5-9-16(26-2)10-6-14/h3-12H,1-2H3/b17-11+,18-12+. The maximum atomic E-state index is 11.4. The van der Waals surface area contributed by atoms with E-state index in [1.54, 1.807) is 48.5 Å². The van der Waals surface area contributed by atoms with E-state index in [1.165, 1.54) is 14.2 Å². The van der Waals surface area contributed by atoms with E-state index < -0.39 is 21.2 Å². The number of hydrogen-bond donors (Lipinski definition) is 0. The summed E-state index contributed by atoms with van der Waals surface area (Å²) in [7, 11) is 2.99. The van der Waals surface area contributed by atoms with E-state index in [2.05, 4.69) is 0 Å². The number of hydrogen-bond acceptors (Lipinski definition) is 6. The highest BCUT2D eigenvalue weighted by molar-refractivity contribution is 5.62. The number of ether oxygens (including phenoxy) is 2. The molecule has 2 aromatic rings. The van der Waals surface area contributed by atoms with Gasteiger partial charge in [-0.1, -0.05) is 24.3 Å².